The van der Waals surface area contributed by atoms with E-state index < -0.39 is 0 Å². The molecule has 16 heavy (non-hydrogen) atoms. The fourth-order valence-corrected chi connectivity index (χ4v) is 1.85. The van der Waals surface area contributed by atoms with E-state index in [2.05, 4.69) is 32.9 Å². The minimum Gasteiger partial charge on any atom is -0.377 e. The topological polar surface area (TPSA) is 35.2 Å². The number of benzene rings is 1. The molecule has 2 nitrogen and oxygen atoms in total. The van der Waals surface area contributed by atoms with Gasteiger partial charge in [0, 0.05) is 0 Å². The molecule has 0 radical (unpaired) electrons. The quantitative estimate of drug-likeness (QED) is 0.800. The van der Waals surface area contributed by atoms with Crippen LogP contribution in [0.4, 0.5) is 0 Å². The van der Waals surface area contributed by atoms with Crippen molar-refractivity contribution in [3.05, 3.63) is 35.4 Å². The normalized spacial score (nSPS) is 14.8. The summed E-state index contributed by atoms with van der Waals surface area (Å²) in [5.41, 5.74) is 8.54. The smallest absolute Gasteiger partial charge is 0.0663 e. The van der Waals surface area contributed by atoms with Gasteiger partial charge >= 0.3 is 0 Å². The number of nitrogens with two attached hydrogens (primary N) is 1. The van der Waals surface area contributed by atoms with Crippen molar-refractivity contribution in [1.29, 1.82) is 0 Å². The van der Waals surface area contributed by atoms with Crippen molar-refractivity contribution in [2.75, 3.05) is 6.61 Å². The molecule has 0 aromatic heterocycles. The third kappa shape index (κ3) is 3.95. The lowest BCUT2D eigenvalue weighted by molar-refractivity contribution is 0.0502. The first kappa shape index (κ1) is 13.2. The first-order chi connectivity index (χ1) is 7.65. The van der Waals surface area contributed by atoms with Crippen molar-refractivity contribution < 1.29 is 4.74 Å². The van der Waals surface area contributed by atoms with Gasteiger partial charge in [-0.2, -0.15) is 0 Å². The van der Waals surface area contributed by atoms with E-state index in [9.17, 15) is 0 Å². The van der Waals surface area contributed by atoms with Crippen LogP contribution in [0.3, 0.4) is 0 Å². The van der Waals surface area contributed by atoms with E-state index >= 15 is 0 Å². The second-order valence-electron chi connectivity index (χ2n) is 4.40. The predicted octanol–water partition coefficient (Wildman–Crippen LogP) is 3.20. The van der Waals surface area contributed by atoms with Crippen LogP contribution >= 0.6 is 0 Å². The lowest BCUT2D eigenvalue weighted by Crippen LogP contribution is -2.21. The van der Waals surface area contributed by atoms with Crippen LogP contribution in [0.2, 0.25) is 0 Å². The van der Waals surface area contributed by atoms with Gasteiger partial charge in [-0.25, -0.2) is 0 Å². The molecular formula is C14H23NO. The summed E-state index contributed by atoms with van der Waals surface area (Å²) < 4.78 is 5.73. The average molecular weight is 221 g/mol. The SMILES string of the molecule is CCCC(C)OCC(N)c1ccccc1C. The Morgan fingerprint density at radius 2 is 2.00 bits per heavy atom. The summed E-state index contributed by atoms with van der Waals surface area (Å²) in [5, 5.41) is 0. The van der Waals surface area contributed by atoms with Gasteiger partial charge in [-0.15, -0.1) is 0 Å². The standard InChI is InChI=1S/C14H23NO/c1-4-7-12(3)16-10-14(15)13-9-6-5-8-11(13)2/h5-6,8-9,12,14H,4,7,10,15H2,1-3H3. The Morgan fingerprint density at radius 3 is 2.62 bits per heavy atom. The highest BCUT2D eigenvalue weighted by Gasteiger charge is 2.10. The summed E-state index contributed by atoms with van der Waals surface area (Å²) in [6.45, 7) is 6.96. The van der Waals surface area contributed by atoms with Crippen LogP contribution < -0.4 is 5.73 Å². The minimum absolute atomic E-state index is 0.0134. The van der Waals surface area contributed by atoms with Crippen molar-refractivity contribution in [1.82, 2.24) is 0 Å². The number of rotatable bonds is 6. The molecule has 0 amide bonds. The second-order valence-corrected chi connectivity index (χ2v) is 4.40. The van der Waals surface area contributed by atoms with Gasteiger partial charge in [0.15, 0.2) is 0 Å². The van der Waals surface area contributed by atoms with E-state index in [-0.39, 0.29) is 6.04 Å². The molecule has 0 heterocycles. The zero-order valence-electron chi connectivity index (χ0n) is 10.6. The molecule has 2 N–H and O–H groups in total. The van der Waals surface area contributed by atoms with Gasteiger partial charge in [0.25, 0.3) is 0 Å². The molecule has 2 heteroatoms. The summed E-state index contributed by atoms with van der Waals surface area (Å²) in [7, 11) is 0. The molecular weight excluding hydrogens is 198 g/mol. The fraction of sp³-hybridized carbons (Fsp3) is 0.571. The summed E-state index contributed by atoms with van der Waals surface area (Å²) in [4.78, 5) is 0. The largest absolute Gasteiger partial charge is 0.377 e. The van der Waals surface area contributed by atoms with E-state index in [0.29, 0.717) is 12.7 Å². The van der Waals surface area contributed by atoms with E-state index in [0.717, 1.165) is 12.8 Å². The molecule has 0 bridgehead atoms. The Hall–Kier alpha value is -0.860. The molecule has 0 aliphatic carbocycles. The van der Waals surface area contributed by atoms with E-state index in [1.54, 1.807) is 0 Å². The van der Waals surface area contributed by atoms with E-state index in [4.69, 9.17) is 10.5 Å². The van der Waals surface area contributed by atoms with Crippen molar-refractivity contribution in [2.45, 2.75) is 45.8 Å². The summed E-state index contributed by atoms with van der Waals surface area (Å²) in [6, 6.07) is 8.21. The molecule has 0 fully saturated rings. The number of ether oxygens (including phenoxy) is 1. The van der Waals surface area contributed by atoms with Gasteiger partial charge in [-0.05, 0) is 31.4 Å². The Bertz CT molecular complexity index is 311. The highest BCUT2D eigenvalue weighted by molar-refractivity contribution is 5.28. The van der Waals surface area contributed by atoms with Gasteiger partial charge < -0.3 is 10.5 Å². The lowest BCUT2D eigenvalue weighted by atomic mass is 10.0. The summed E-state index contributed by atoms with van der Waals surface area (Å²) in [6.07, 6.45) is 2.56. The van der Waals surface area contributed by atoms with Gasteiger partial charge in [0.2, 0.25) is 0 Å². The highest BCUT2D eigenvalue weighted by atomic mass is 16.5. The number of hydrogen-bond acceptors (Lipinski definition) is 2. The minimum atomic E-state index is -0.0134. The van der Waals surface area contributed by atoms with Crippen molar-refractivity contribution in [3.63, 3.8) is 0 Å². The zero-order chi connectivity index (χ0) is 12.0. The summed E-state index contributed by atoms with van der Waals surface area (Å²) >= 11 is 0. The maximum atomic E-state index is 6.12. The molecule has 2 atom stereocenters. The maximum Gasteiger partial charge on any atom is 0.0663 e. The lowest BCUT2D eigenvalue weighted by Gasteiger charge is -2.18. The third-order valence-corrected chi connectivity index (χ3v) is 2.84. The molecule has 0 saturated heterocycles. The second kappa shape index (κ2) is 6.66. The summed E-state index contributed by atoms with van der Waals surface area (Å²) in [5.74, 6) is 0. The van der Waals surface area contributed by atoms with Gasteiger partial charge in [0.05, 0.1) is 18.8 Å². The number of aryl methyl sites for hydroxylation is 1. The Balaban J connectivity index is 2.46. The average Bonchev–Trinajstić information content (AvgIpc) is 2.27. The fourth-order valence-electron chi connectivity index (χ4n) is 1.85. The molecule has 0 aliphatic heterocycles. The third-order valence-electron chi connectivity index (χ3n) is 2.84. The van der Waals surface area contributed by atoms with Crippen LogP contribution in [0.1, 0.15) is 43.9 Å². The first-order valence-corrected chi connectivity index (χ1v) is 6.07. The Kier molecular flexibility index (Phi) is 5.50. The van der Waals surface area contributed by atoms with Gasteiger partial charge in [-0.3, -0.25) is 0 Å². The van der Waals surface area contributed by atoms with Crippen LogP contribution in [0.25, 0.3) is 0 Å². The van der Waals surface area contributed by atoms with Crippen molar-refractivity contribution in [2.24, 2.45) is 5.73 Å². The first-order valence-electron chi connectivity index (χ1n) is 6.07. The molecule has 1 aromatic carbocycles. The molecule has 90 valence electrons. The van der Waals surface area contributed by atoms with Crippen LogP contribution in [0.15, 0.2) is 24.3 Å². The Labute approximate surface area is 98.8 Å². The highest BCUT2D eigenvalue weighted by Crippen LogP contribution is 2.16. The maximum absolute atomic E-state index is 6.12. The predicted molar refractivity (Wildman–Crippen MR) is 68.4 cm³/mol. The van der Waals surface area contributed by atoms with Crippen LogP contribution in [-0.4, -0.2) is 12.7 Å². The van der Waals surface area contributed by atoms with Crippen LogP contribution in [0.5, 0.6) is 0 Å². The Morgan fingerprint density at radius 1 is 1.31 bits per heavy atom. The molecule has 1 aromatic rings. The van der Waals surface area contributed by atoms with Gasteiger partial charge in [-0.1, -0.05) is 37.6 Å². The molecule has 0 spiro atoms. The van der Waals surface area contributed by atoms with Gasteiger partial charge in [0.1, 0.15) is 0 Å². The van der Waals surface area contributed by atoms with E-state index in [1.807, 2.05) is 12.1 Å². The molecule has 0 saturated carbocycles. The van der Waals surface area contributed by atoms with Crippen molar-refractivity contribution in [3.8, 4) is 0 Å². The monoisotopic (exact) mass is 221 g/mol. The zero-order valence-corrected chi connectivity index (χ0v) is 10.6. The number of hydrogen-bond donors (Lipinski definition) is 1. The van der Waals surface area contributed by atoms with Crippen molar-refractivity contribution >= 4 is 0 Å². The molecule has 0 aliphatic rings. The molecule has 2 unspecified atom stereocenters. The van der Waals surface area contributed by atoms with Crippen LogP contribution in [0, 0.1) is 6.92 Å². The van der Waals surface area contributed by atoms with E-state index in [1.165, 1.54) is 11.1 Å². The van der Waals surface area contributed by atoms with Crippen LogP contribution in [-0.2, 0) is 4.74 Å². The molecule has 1 rings (SSSR count).